The van der Waals surface area contributed by atoms with E-state index in [4.69, 9.17) is 0 Å². The Morgan fingerprint density at radius 2 is 2.18 bits per heavy atom. The minimum Gasteiger partial charge on any atom is -0.341 e. The molecular formula is C15H22F2N4O. The fourth-order valence-electron chi connectivity index (χ4n) is 3.11. The van der Waals surface area contributed by atoms with E-state index < -0.39 is 5.92 Å². The fraction of sp³-hybridized carbons (Fsp3) is 0.733. The summed E-state index contributed by atoms with van der Waals surface area (Å²) in [6, 6.07) is 1.95. The zero-order valence-electron chi connectivity index (χ0n) is 12.6. The maximum atomic E-state index is 13.1. The lowest BCUT2D eigenvalue weighted by Crippen LogP contribution is -2.44. The van der Waals surface area contributed by atoms with Crippen LogP contribution in [0.15, 0.2) is 12.3 Å². The van der Waals surface area contributed by atoms with E-state index in [-0.39, 0.29) is 38.4 Å². The molecule has 1 atom stereocenters. The highest BCUT2D eigenvalue weighted by atomic mass is 19.3. The number of nitrogens with zero attached hydrogens (tertiary/aromatic N) is 3. The summed E-state index contributed by atoms with van der Waals surface area (Å²) in [5.41, 5.74) is 1.00. The van der Waals surface area contributed by atoms with Crippen LogP contribution in [0, 0.1) is 0 Å². The predicted molar refractivity (Wildman–Crippen MR) is 77.8 cm³/mol. The fourth-order valence-corrected chi connectivity index (χ4v) is 3.11. The van der Waals surface area contributed by atoms with E-state index in [9.17, 15) is 13.6 Å². The van der Waals surface area contributed by atoms with E-state index in [2.05, 4.69) is 10.4 Å². The van der Waals surface area contributed by atoms with Crippen LogP contribution in [0.3, 0.4) is 0 Å². The first-order chi connectivity index (χ1) is 10.5. The summed E-state index contributed by atoms with van der Waals surface area (Å²) in [4.78, 5) is 13.7. The molecule has 1 aromatic rings. The van der Waals surface area contributed by atoms with Gasteiger partial charge in [0.25, 0.3) is 5.92 Å². The Balaban J connectivity index is 1.54. The molecule has 2 saturated heterocycles. The van der Waals surface area contributed by atoms with Crippen molar-refractivity contribution in [3.63, 3.8) is 0 Å². The molecule has 2 fully saturated rings. The number of piperidine rings is 2. The van der Waals surface area contributed by atoms with E-state index in [0.717, 1.165) is 31.6 Å². The monoisotopic (exact) mass is 312 g/mol. The Labute approximate surface area is 128 Å². The van der Waals surface area contributed by atoms with Crippen LogP contribution in [0.1, 0.15) is 37.3 Å². The first-order valence-corrected chi connectivity index (χ1v) is 7.93. The number of alkyl halides is 2. The molecule has 1 N–H and O–H groups in total. The van der Waals surface area contributed by atoms with Crippen LogP contribution in [0.25, 0.3) is 0 Å². The molecule has 5 nitrogen and oxygen atoms in total. The maximum absolute atomic E-state index is 13.1. The summed E-state index contributed by atoms with van der Waals surface area (Å²) in [6.07, 6.45) is 3.58. The van der Waals surface area contributed by atoms with Crippen molar-refractivity contribution in [2.75, 3.05) is 26.2 Å². The summed E-state index contributed by atoms with van der Waals surface area (Å²) in [5.74, 6) is -2.35. The van der Waals surface area contributed by atoms with Gasteiger partial charge in [0.2, 0.25) is 5.91 Å². The normalized spacial score (nSPS) is 25.2. The minimum atomic E-state index is -2.62. The molecule has 0 bridgehead atoms. The van der Waals surface area contributed by atoms with E-state index in [1.54, 1.807) is 10.9 Å². The standard InChI is InChI=1S/C15H22F2N4O/c16-15(17)4-8-20(9-5-15)14(22)11-21-7-3-13(19-21)12-2-1-6-18-10-12/h3,7,12,18H,1-2,4-6,8-11H2/t12-/m0/s1. The second-order valence-corrected chi connectivity index (χ2v) is 6.22. The molecule has 1 aromatic heterocycles. The summed E-state index contributed by atoms with van der Waals surface area (Å²) >= 11 is 0. The first-order valence-electron chi connectivity index (χ1n) is 7.93. The number of aromatic nitrogens is 2. The third-order valence-corrected chi connectivity index (χ3v) is 4.52. The van der Waals surface area contributed by atoms with Crippen molar-refractivity contribution >= 4 is 5.91 Å². The van der Waals surface area contributed by atoms with Crippen molar-refractivity contribution in [2.24, 2.45) is 0 Å². The number of hydrogen-bond acceptors (Lipinski definition) is 3. The smallest absolute Gasteiger partial charge is 0.251 e. The van der Waals surface area contributed by atoms with Gasteiger partial charge in [-0.15, -0.1) is 0 Å². The third kappa shape index (κ3) is 3.63. The van der Waals surface area contributed by atoms with Gasteiger partial charge in [-0.1, -0.05) is 0 Å². The molecule has 0 aromatic carbocycles. The van der Waals surface area contributed by atoms with Crippen molar-refractivity contribution in [3.8, 4) is 0 Å². The highest BCUT2D eigenvalue weighted by Crippen LogP contribution is 2.27. The highest BCUT2D eigenvalue weighted by molar-refractivity contribution is 5.76. The maximum Gasteiger partial charge on any atom is 0.251 e. The van der Waals surface area contributed by atoms with Crippen LogP contribution in [0.4, 0.5) is 8.78 Å². The molecule has 0 aliphatic carbocycles. The Hall–Kier alpha value is -1.50. The molecule has 7 heteroatoms. The van der Waals surface area contributed by atoms with E-state index in [0.29, 0.717) is 5.92 Å². The SMILES string of the molecule is O=C(Cn1ccc([C@H]2CCCNC2)n1)N1CCC(F)(F)CC1. The topological polar surface area (TPSA) is 50.2 Å². The van der Waals surface area contributed by atoms with Gasteiger partial charge in [-0.2, -0.15) is 5.10 Å². The zero-order valence-corrected chi connectivity index (χ0v) is 12.6. The lowest BCUT2D eigenvalue weighted by atomic mass is 9.97. The number of nitrogens with one attached hydrogen (secondary N) is 1. The lowest BCUT2D eigenvalue weighted by molar-refractivity contribution is -0.138. The second-order valence-electron chi connectivity index (χ2n) is 6.22. The van der Waals surface area contributed by atoms with Crippen molar-refractivity contribution in [3.05, 3.63) is 18.0 Å². The van der Waals surface area contributed by atoms with Crippen molar-refractivity contribution in [2.45, 2.75) is 44.1 Å². The van der Waals surface area contributed by atoms with Crippen LogP contribution < -0.4 is 5.32 Å². The molecule has 0 saturated carbocycles. The number of rotatable bonds is 3. The lowest BCUT2D eigenvalue weighted by Gasteiger charge is -2.31. The molecule has 2 aliphatic rings. The summed E-state index contributed by atoms with van der Waals surface area (Å²) in [7, 11) is 0. The van der Waals surface area contributed by atoms with Crippen molar-refractivity contribution in [1.29, 1.82) is 0 Å². The average Bonchev–Trinajstić information content (AvgIpc) is 2.96. The Morgan fingerprint density at radius 1 is 1.41 bits per heavy atom. The molecule has 0 radical (unpaired) electrons. The predicted octanol–water partition coefficient (Wildman–Crippen LogP) is 1.61. The second kappa shape index (κ2) is 6.32. The summed E-state index contributed by atoms with van der Waals surface area (Å²) in [5, 5.41) is 7.83. The number of carbonyl (C=O) groups excluding carboxylic acids is 1. The molecule has 0 spiro atoms. The van der Waals surface area contributed by atoms with Gasteiger partial charge >= 0.3 is 0 Å². The molecule has 122 valence electrons. The molecule has 3 heterocycles. The van der Waals surface area contributed by atoms with E-state index >= 15 is 0 Å². The van der Waals surface area contributed by atoms with Crippen LogP contribution in [0.2, 0.25) is 0 Å². The third-order valence-electron chi connectivity index (χ3n) is 4.52. The number of halogens is 2. The summed E-state index contributed by atoms with van der Waals surface area (Å²) in [6.45, 7) is 2.37. The zero-order chi connectivity index (χ0) is 15.6. The van der Waals surface area contributed by atoms with Gasteiger partial charge in [0.15, 0.2) is 0 Å². The van der Waals surface area contributed by atoms with Crippen LogP contribution in [0.5, 0.6) is 0 Å². The minimum absolute atomic E-state index is 0.131. The van der Waals surface area contributed by atoms with Crippen LogP contribution in [-0.2, 0) is 11.3 Å². The Morgan fingerprint density at radius 3 is 2.86 bits per heavy atom. The summed E-state index contributed by atoms with van der Waals surface area (Å²) < 4.78 is 27.9. The molecule has 0 unspecified atom stereocenters. The van der Waals surface area contributed by atoms with Crippen molar-refractivity contribution < 1.29 is 13.6 Å². The highest BCUT2D eigenvalue weighted by Gasteiger charge is 2.35. The number of carbonyl (C=O) groups is 1. The van der Waals surface area contributed by atoms with Gasteiger partial charge < -0.3 is 10.2 Å². The van der Waals surface area contributed by atoms with E-state index in [1.165, 1.54) is 4.90 Å². The Bertz CT molecular complexity index is 515. The number of amides is 1. The van der Waals surface area contributed by atoms with Gasteiger partial charge in [0.05, 0.1) is 5.69 Å². The van der Waals surface area contributed by atoms with Gasteiger partial charge in [-0.25, -0.2) is 8.78 Å². The molecule has 2 aliphatic heterocycles. The van der Waals surface area contributed by atoms with Gasteiger partial charge in [-0.05, 0) is 25.5 Å². The molecule has 1 amide bonds. The van der Waals surface area contributed by atoms with Crippen molar-refractivity contribution in [1.82, 2.24) is 20.0 Å². The van der Waals surface area contributed by atoms with Gasteiger partial charge in [-0.3, -0.25) is 9.48 Å². The molecule has 3 rings (SSSR count). The van der Waals surface area contributed by atoms with Crippen LogP contribution >= 0.6 is 0 Å². The van der Waals surface area contributed by atoms with Crippen LogP contribution in [-0.4, -0.2) is 52.7 Å². The number of hydrogen-bond donors (Lipinski definition) is 1. The largest absolute Gasteiger partial charge is 0.341 e. The first kappa shape index (κ1) is 15.4. The van der Waals surface area contributed by atoms with E-state index in [1.807, 2.05) is 6.07 Å². The Kier molecular flexibility index (Phi) is 4.42. The average molecular weight is 312 g/mol. The number of likely N-dealkylation sites (tertiary alicyclic amines) is 1. The molecular weight excluding hydrogens is 290 g/mol. The molecule has 22 heavy (non-hydrogen) atoms. The van der Waals surface area contributed by atoms with Gasteiger partial charge in [0, 0.05) is 44.6 Å². The quantitative estimate of drug-likeness (QED) is 0.922. The van der Waals surface area contributed by atoms with Gasteiger partial charge in [0.1, 0.15) is 6.54 Å².